The first-order chi connectivity index (χ1) is 10.7. The monoisotopic (exact) mass is 322 g/mol. The normalized spacial score (nSPS) is 10.7. The highest BCUT2D eigenvalue weighted by molar-refractivity contribution is 6.30. The second-order valence-electron chi connectivity index (χ2n) is 4.58. The Morgan fingerprint density at radius 3 is 2.23 bits per heavy atom. The van der Waals surface area contributed by atoms with Gasteiger partial charge in [0.05, 0.1) is 0 Å². The zero-order chi connectivity index (χ0) is 15.8. The predicted octanol–water partition coefficient (Wildman–Crippen LogP) is 3.92. The molecule has 0 heterocycles. The van der Waals surface area contributed by atoms with E-state index in [-0.39, 0.29) is 6.61 Å². The molecule has 0 aliphatic rings. The van der Waals surface area contributed by atoms with Gasteiger partial charge in [-0.1, -0.05) is 35.9 Å². The van der Waals surface area contributed by atoms with Crippen LogP contribution in [0.1, 0.15) is 5.56 Å². The van der Waals surface area contributed by atoms with Crippen molar-refractivity contribution in [2.24, 2.45) is 0 Å². The molecule has 0 amide bonds. The van der Waals surface area contributed by atoms with Gasteiger partial charge in [0.2, 0.25) is 0 Å². The lowest BCUT2D eigenvalue weighted by molar-refractivity contribution is -0.122. The topological polar surface area (TPSA) is 36.9 Å². The standard InChI is InChI=1S/C17H19ClO4/c1-19-17(20-2)12-22-16-9-4-3-8-15(16)21-11-13-6-5-7-14(18)10-13/h3-10,17H,11-12H2,1-2H3. The zero-order valence-corrected chi connectivity index (χ0v) is 13.4. The van der Waals surface area contributed by atoms with Gasteiger partial charge < -0.3 is 18.9 Å². The summed E-state index contributed by atoms with van der Waals surface area (Å²) >= 11 is 5.97. The minimum Gasteiger partial charge on any atom is -0.485 e. The van der Waals surface area contributed by atoms with E-state index in [4.69, 9.17) is 30.5 Å². The average molecular weight is 323 g/mol. The lowest BCUT2D eigenvalue weighted by Gasteiger charge is -2.16. The minimum absolute atomic E-state index is 0.282. The number of rotatable bonds is 8. The zero-order valence-electron chi connectivity index (χ0n) is 12.6. The molecule has 0 radical (unpaired) electrons. The lowest BCUT2D eigenvalue weighted by Crippen LogP contribution is -2.22. The van der Waals surface area contributed by atoms with E-state index < -0.39 is 6.29 Å². The van der Waals surface area contributed by atoms with Crippen LogP contribution in [0.2, 0.25) is 5.02 Å². The Kier molecular flexibility index (Phi) is 6.52. The summed E-state index contributed by atoms with van der Waals surface area (Å²) in [5.41, 5.74) is 0.994. The molecule has 0 unspecified atom stereocenters. The molecule has 2 rings (SSSR count). The maximum atomic E-state index is 5.97. The molecule has 0 saturated carbocycles. The van der Waals surface area contributed by atoms with Crippen molar-refractivity contribution >= 4 is 11.6 Å². The Bertz CT molecular complexity index is 584. The van der Waals surface area contributed by atoms with Crippen LogP contribution in [0.4, 0.5) is 0 Å². The highest BCUT2D eigenvalue weighted by Crippen LogP contribution is 2.27. The maximum absolute atomic E-state index is 5.97. The van der Waals surface area contributed by atoms with Crippen LogP contribution in [0.5, 0.6) is 11.5 Å². The van der Waals surface area contributed by atoms with Crippen molar-refractivity contribution in [1.29, 1.82) is 0 Å². The summed E-state index contributed by atoms with van der Waals surface area (Å²) in [6, 6.07) is 15.0. The summed E-state index contributed by atoms with van der Waals surface area (Å²) in [4.78, 5) is 0. The van der Waals surface area contributed by atoms with Gasteiger partial charge in [0, 0.05) is 19.2 Å². The van der Waals surface area contributed by atoms with Gasteiger partial charge in [-0.05, 0) is 29.8 Å². The number of hydrogen-bond acceptors (Lipinski definition) is 4. The number of benzene rings is 2. The van der Waals surface area contributed by atoms with E-state index in [0.717, 1.165) is 5.56 Å². The van der Waals surface area contributed by atoms with Crippen molar-refractivity contribution in [3.05, 3.63) is 59.1 Å². The van der Waals surface area contributed by atoms with Crippen LogP contribution in [0.15, 0.2) is 48.5 Å². The quantitative estimate of drug-likeness (QED) is 0.690. The Morgan fingerprint density at radius 2 is 1.59 bits per heavy atom. The fourth-order valence-corrected chi connectivity index (χ4v) is 2.08. The van der Waals surface area contributed by atoms with Crippen LogP contribution >= 0.6 is 11.6 Å². The molecule has 0 atom stereocenters. The third kappa shape index (κ3) is 4.91. The summed E-state index contributed by atoms with van der Waals surface area (Å²) in [5.74, 6) is 1.30. The Hall–Kier alpha value is -1.75. The van der Waals surface area contributed by atoms with Crippen molar-refractivity contribution in [3.63, 3.8) is 0 Å². The van der Waals surface area contributed by atoms with Crippen LogP contribution < -0.4 is 9.47 Å². The van der Waals surface area contributed by atoms with E-state index in [1.807, 2.05) is 48.5 Å². The van der Waals surface area contributed by atoms with Gasteiger partial charge in [-0.25, -0.2) is 0 Å². The molecule has 0 aromatic heterocycles. The van der Waals surface area contributed by atoms with Crippen LogP contribution in [-0.4, -0.2) is 27.1 Å². The SMILES string of the molecule is COC(COc1ccccc1OCc1cccc(Cl)c1)OC. The largest absolute Gasteiger partial charge is 0.485 e. The van der Waals surface area contributed by atoms with Gasteiger partial charge in [0.25, 0.3) is 0 Å². The molecule has 5 heteroatoms. The third-order valence-electron chi connectivity index (χ3n) is 3.03. The van der Waals surface area contributed by atoms with Gasteiger partial charge in [-0.2, -0.15) is 0 Å². The van der Waals surface area contributed by atoms with Crippen LogP contribution in [0.25, 0.3) is 0 Å². The van der Waals surface area contributed by atoms with Crippen LogP contribution in [-0.2, 0) is 16.1 Å². The molecule has 2 aromatic carbocycles. The van der Waals surface area contributed by atoms with Gasteiger partial charge >= 0.3 is 0 Å². The Labute approximate surface area is 135 Å². The van der Waals surface area contributed by atoms with E-state index >= 15 is 0 Å². The van der Waals surface area contributed by atoms with Crippen molar-refractivity contribution in [2.75, 3.05) is 20.8 Å². The predicted molar refractivity (Wildman–Crippen MR) is 85.5 cm³/mol. The number of para-hydroxylation sites is 2. The first kappa shape index (κ1) is 16.6. The minimum atomic E-state index is -0.416. The first-order valence-electron chi connectivity index (χ1n) is 6.87. The van der Waals surface area contributed by atoms with Gasteiger partial charge in [-0.15, -0.1) is 0 Å². The number of halogens is 1. The third-order valence-corrected chi connectivity index (χ3v) is 3.27. The Balaban J connectivity index is 1.99. The van der Waals surface area contributed by atoms with Gasteiger partial charge in [-0.3, -0.25) is 0 Å². The summed E-state index contributed by atoms with van der Waals surface area (Å²) in [6.45, 7) is 0.698. The number of hydrogen-bond donors (Lipinski definition) is 0. The first-order valence-corrected chi connectivity index (χ1v) is 7.25. The summed E-state index contributed by atoms with van der Waals surface area (Å²) in [5, 5.41) is 0.689. The molecule has 0 bridgehead atoms. The molecule has 0 N–H and O–H groups in total. The molecule has 22 heavy (non-hydrogen) atoms. The molecule has 0 aliphatic heterocycles. The second-order valence-corrected chi connectivity index (χ2v) is 5.01. The van der Waals surface area contributed by atoms with Gasteiger partial charge in [0.1, 0.15) is 13.2 Å². The molecule has 118 valence electrons. The summed E-state index contributed by atoms with van der Waals surface area (Å²) in [6.07, 6.45) is -0.416. The molecule has 0 saturated heterocycles. The fraction of sp³-hybridized carbons (Fsp3) is 0.294. The smallest absolute Gasteiger partial charge is 0.191 e. The average Bonchev–Trinajstić information content (AvgIpc) is 2.55. The van der Waals surface area contributed by atoms with Crippen LogP contribution in [0, 0.1) is 0 Å². The van der Waals surface area contributed by atoms with E-state index in [1.165, 1.54) is 0 Å². The number of ether oxygens (including phenoxy) is 4. The highest BCUT2D eigenvalue weighted by Gasteiger charge is 2.09. The molecule has 0 fully saturated rings. The summed E-state index contributed by atoms with van der Waals surface area (Å²) < 4.78 is 21.7. The van der Waals surface area contributed by atoms with Crippen molar-refractivity contribution in [2.45, 2.75) is 12.9 Å². The van der Waals surface area contributed by atoms with Crippen molar-refractivity contribution < 1.29 is 18.9 Å². The van der Waals surface area contributed by atoms with Crippen molar-refractivity contribution in [1.82, 2.24) is 0 Å². The molecule has 0 spiro atoms. The Morgan fingerprint density at radius 1 is 0.909 bits per heavy atom. The van der Waals surface area contributed by atoms with Crippen molar-refractivity contribution in [3.8, 4) is 11.5 Å². The molecular formula is C17H19ClO4. The number of methoxy groups -OCH3 is 2. The fourth-order valence-electron chi connectivity index (χ4n) is 1.87. The highest BCUT2D eigenvalue weighted by atomic mass is 35.5. The summed E-state index contributed by atoms with van der Waals surface area (Å²) in [7, 11) is 3.14. The van der Waals surface area contributed by atoms with Crippen LogP contribution in [0.3, 0.4) is 0 Å². The van der Waals surface area contributed by atoms with E-state index in [2.05, 4.69) is 0 Å². The lowest BCUT2D eigenvalue weighted by atomic mass is 10.2. The molecular weight excluding hydrogens is 304 g/mol. The molecule has 4 nitrogen and oxygen atoms in total. The second kappa shape index (κ2) is 8.63. The molecule has 2 aromatic rings. The van der Waals surface area contributed by atoms with E-state index in [1.54, 1.807) is 14.2 Å². The van der Waals surface area contributed by atoms with E-state index in [9.17, 15) is 0 Å². The van der Waals surface area contributed by atoms with Gasteiger partial charge in [0.15, 0.2) is 17.8 Å². The molecule has 0 aliphatic carbocycles. The van der Waals surface area contributed by atoms with E-state index in [0.29, 0.717) is 23.1 Å². The maximum Gasteiger partial charge on any atom is 0.191 e.